The molecule has 0 aliphatic carbocycles. The highest BCUT2D eigenvalue weighted by Gasteiger charge is 2.25. The number of hydrogen-bond acceptors (Lipinski definition) is 5. The predicted octanol–water partition coefficient (Wildman–Crippen LogP) is 3.15. The van der Waals surface area contributed by atoms with Gasteiger partial charge in [0.25, 0.3) is 0 Å². The number of hydrogen-bond donors (Lipinski definition) is 3. The highest BCUT2D eigenvalue weighted by molar-refractivity contribution is 7.99. The zero-order valence-corrected chi connectivity index (χ0v) is 17.4. The Kier molecular flexibility index (Phi) is 8.40. The number of alkyl carbamates (subject to hydrolysis) is 1. The maximum atomic E-state index is 12.4. The molecular weight excluding hydrogens is 384 g/mol. The van der Waals surface area contributed by atoms with Crippen LogP contribution in [0.15, 0.2) is 60.7 Å². The molecule has 0 aromatic heterocycles. The molecule has 2 aromatic rings. The number of rotatable bonds is 9. The monoisotopic (exact) mass is 414 g/mol. The van der Waals surface area contributed by atoms with Crippen molar-refractivity contribution < 1.29 is 14.6 Å². The Bertz CT molecular complexity index is 738. The van der Waals surface area contributed by atoms with Crippen LogP contribution in [-0.4, -0.2) is 47.0 Å². The lowest BCUT2D eigenvalue weighted by atomic mass is 9.94. The SMILES string of the molecule is N[C@@H](Cc1ccccc1)[C@@H](O)C[C@H](Cc1ccccc1)NC(=O)O[C@H]1CCSC1. The molecule has 0 spiro atoms. The summed E-state index contributed by atoms with van der Waals surface area (Å²) in [4.78, 5) is 12.4. The molecule has 156 valence electrons. The van der Waals surface area contributed by atoms with E-state index in [1.165, 1.54) is 0 Å². The van der Waals surface area contributed by atoms with Crippen molar-refractivity contribution in [3.05, 3.63) is 71.8 Å². The van der Waals surface area contributed by atoms with Crippen LogP contribution in [-0.2, 0) is 17.6 Å². The van der Waals surface area contributed by atoms with Crippen molar-refractivity contribution in [2.45, 2.75) is 50.0 Å². The number of carbonyl (C=O) groups is 1. The van der Waals surface area contributed by atoms with Crippen molar-refractivity contribution in [1.29, 1.82) is 0 Å². The minimum absolute atomic E-state index is 0.0253. The number of thioether (sulfide) groups is 1. The van der Waals surface area contributed by atoms with Crippen molar-refractivity contribution in [2.75, 3.05) is 11.5 Å². The lowest BCUT2D eigenvalue weighted by Gasteiger charge is -2.26. The van der Waals surface area contributed by atoms with E-state index < -0.39 is 18.2 Å². The molecule has 29 heavy (non-hydrogen) atoms. The number of ether oxygens (including phenoxy) is 1. The van der Waals surface area contributed by atoms with E-state index in [1.54, 1.807) is 11.8 Å². The van der Waals surface area contributed by atoms with Crippen LogP contribution in [0.5, 0.6) is 0 Å². The molecule has 0 unspecified atom stereocenters. The maximum Gasteiger partial charge on any atom is 0.407 e. The van der Waals surface area contributed by atoms with E-state index >= 15 is 0 Å². The van der Waals surface area contributed by atoms with Crippen LogP contribution in [0.3, 0.4) is 0 Å². The standard InChI is InChI=1S/C23H30N2O3S/c24-21(14-18-9-5-2-6-10-18)22(26)15-19(13-17-7-3-1-4-8-17)25-23(27)28-20-11-12-29-16-20/h1-10,19-22,26H,11-16,24H2,(H,25,27)/t19-,20-,21-,22-/m0/s1. The third-order valence-corrected chi connectivity index (χ3v) is 6.27. The number of nitrogens with two attached hydrogens (primary N) is 1. The van der Waals surface area contributed by atoms with E-state index in [0.717, 1.165) is 29.1 Å². The second kappa shape index (κ2) is 11.2. The van der Waals surface area contributed by atoms with E-state index in [-0.39, 0.29) is 12.1 Å². The summed E-state index contributed by atoms with van der Waals surface area (Å²) in [6, 6.07) is 19.2. The zero-order valence-electron chi connectivity index (χ0n) is 16.6. The number of aliphatic hydroxyl groups excluding tert-OH is 1. The van der Waals surface area contributed by atoms with Gasteiger partial charge in [-0.15, -0.1) is 0 Å². The highest BCUT2D eigenvalue weighted by Crippen LogP contribution is 2.20. The Morgan fingerprint density at radius 3 is 2.31 bits per heavy atom. The molecule has 6 heteroatoms. The quantitative estimate of drug-likeness (QED) is 0.587. The Hall–Kier alpha value is -2.02. The van der Waals surface area contributed by atoms with E-state index in [2.05, 4.69) is 5.32 Å². The van der Waals surface area contributed by atoms with E-state index in [0.29, 0.717) is 19.3 Å². The van der Waals surface area contributed by atoms with Crippen molar-refractivity contribution in [2.24, 2.45) is 5.73 Å². The van der Waals surface area contributed by atoms with Gasteiger partial charge in [0.15, 0.2) is 0 Å². The van der Waals surface area contributed by atoms with Gasteiger partial charge in [-0.1, -0.05) is 60.7 Å². The molecule has 1 fully saturated rings. The summed E-state index contributed by atoms with van der Waals surface area (Å²) < 4.78 is 5.53. The summed E-state index contributed by atoms with van der Waals surface area (Å²) in [7, 11) is 0. The topological polar surface area (TPSA) is 84.6 Å². The molecule has 1 saturated heterocycles. The molecule has 2 aromatic carbocycles. The van der Waals surface area contributed by atoms with Crippen LogP contribution in [0, 0.1) is 0 Å². The van der Waals surface area contributed by atoms with Gasteiger partial charge in [-0.05, 0) is 42.6 Å². The van der Waals surface area contributed by atoms with Crippen LogP contribution in [0.25, 0.3) is 0 Å². The second-order valence-corrected chi connectivity index (χ2v) is 8.73. The number of benzene rings is 2. The van der Waals surface area contributed by atoms with Crippen molar-refractivity contribution >= 4 is 17.9 Å². The van der Waals surface area contributed by atoms with Gasteiger partial charge in [0.2, 0.25) is 0 Å². The van der Waals surface area contributed by atoms with E-state index in [1.807, 2.05) is 60.7 Å². The first-order chi connectivity index (χ1) is 14.1. The van der Waals surface area contributed by atoms with Gasteiger partial charge >= 0.3 is 6.09 Å². The lowest BCUT2D eigenvalue weighted by Crippen LogP contribution is -2.45. The summed E-state index contributed by atoms with van der Waals surface area (Å²) >= 11 is 1.80. The van der Waals surface area contributed by atoms with Gasteiger partial charge in [-0.3, -0.25) is 0 Å². The summed E-state index contributed by atoms with van der Waals surface area (Å²) in [5.41, 5.74) is 8.44. The molecular formula is C23H30N2O3S. The van der Waals surface area contributed by atoms with Crippen molar-refractivity contribution in [1.82, 2.24) is 5.32 Å². The van der Waals surface area contributed by atoms with Gasteiger partial charge in [-0.25, -0.2) is 4.79 Å². The molecule has 0 bridgehead atoms. The van der Waals surface area contributed by atoms with Gasteiger partial charge in [0.05, 0.1) is 6.10 Å². The molecule has 1 heterocycles. The van der Waals surface area contributed by atoms with Gasteiger partial charge in [0, 0.05) is 17.8 Å². The highest BCUT2D eigenvalue weighted by atomic mass is 32.2. The molecule has 1 aliphatic heterocycles. The predicted molar refractivity (Wildman–Crippen MR) is 118 cm³/mol. The Labute approximate surface area is 177 Å². The smallest absolute Gasteiger partial charge is 0.407 e. The van der Waals surface area contributed by atoms with Gasteiger partial charge in [0.1, 0.15) is 6.10 Å². The van der Waals surface area contributed by atoms with Gasteiger partial charge < -0.3 is 20.9 Å². The number of nitrogens with one attached hydrogen (secondary N) is 1. The molecule has 0 radical (unpaired) electrons. The molecule has 1 amide bonds. The fourth-order valence-electron chi connectivity index (χ4n) is 3.54. The summed E-state index contributed by atoms with van der Waals surface area (Å²) in [5.74, 6) is 1.87. The molecule has 1 aliphatic rings. The number of carbonyl (C=O) groups excluding carboxylic acids is 1. The number of aliphatic hydroxyl groups is 1. The third-order valence-electron chi connectivity index (χ3n) is 5.14. The first-order valence-electron chi connectivity index (χ1n) is 10.2. The van der Waals surface area contributed by atoms with Crippen LogP contribution in [0.4, 0.5) is 4.79 Å². The fourth-order valence-corrected chi connectivity index (χ4v) is 4.63. The maximum absolute atomic E-state index is 12.4. The largest absolute Gasteiger partial charge is 0.445 e. The average molecular weight is 415 g/mol. The van der Waals surface area contributed by atoms with Crippen molar-refractivity contribution in [3.8, 4) is 0 Å². The third kappa shape index (κ3) is 7.38. The summed E-state index contributed by atoms with van der Waals surface area (Å²) in [6.45, 7) is 0. The number of amides is 1. The van der Waals surface area contributed by atoms with Crippen LogP contribution >= 0.6 is 11.8 Å². The molecule has 0 saturated carbocycles. The normalized spacial score (nSPS) is 19.3. The van der Waals surface area contributed by atoms with Crippen LogP contribution < -0.4 is 11.1 Å². The summed E-state index contributed by atoms with van der Waals surface area (Å²) in [6.07, 6.45) is 1.30. The molecule has 4 atom stereocenters. The Morgan fingerprint density at radius 2 is 1.72 bits per heavy atom. The molecule has 5 nitrogen and oxygen atoms in total. The first-order valence-corrected chi connectivity index (χ1v) is 11.3. The Balaban J connectivity index is 1.59. The average Bonchev–Trinajstić information content (AvgIpc) is 3.22. The minimum atomic E-state index is -0.730. The van der Waals surface area contributed by atoms with E-state index in [4.69, 9.17) is 10.5 Å². The first kappa shape index (κ1) is 21.7. The molecule has 4 N–H and O–H groups in total. The van der Waals surface area contributed by atoms with Crippen LogP contribution in [0.2, 0.25) is 0 Å². The fraction of sp³-hybridized carbons (Fsp3) is 0.435. The molecule has 3 rings (SSSR count). The van der Waals surface area contributed by atoms with E-state index in [9.17, 15) is 9.90 Å². The van der Waals surface area contributed by atoms with Gasteiger partial charge in [-0.2, -0.15) is 11.8 Å². The van der Waals surface area contributed by atoms with Crippen LogP contribution in [0.1, 0.15) is 24.0 Å². The zero-order chi connectivity index (χ0) is 20.5. The van der Waals surface area contributed by atoms with Crippen molar-refractivity contribution in [3.63, 3.8) is 0 Å². The Morgan fingerprint density at radius 1 is 1.10 bits per heavy atom. The second-order valence-electron chi connectivity index (χ2n) is 7.58. The lowest BCUT2D eigenvalue weighted by molar-refractivity contribution is 0.0951. The summed E-state index contributed by atoms with van der Waals surface area (Å²) in [5, 5.41) is 13.7. The minimum Gasteiger partial charge on any atom is -0.445 e.